The van der Waals surface area contributed by atoms with E-state index in [1.807, 2.05) is 60.4 Å². The van der Waals surface area contributed by atoms with Crippen LogP contribution in [0.3, 0.4) is 0 Å². The van der Waals surface area contributed by atoms with Gasteiger partial charge >= 0.3 is 6.03 Å². The van der Waals surface area contributed by atoms with E-state index in [1.165, 1.54) is 11.8 Å². The molecule has 3 saturated heterocycles. The molecule has 3 fully saturated rings. The summed E-state index contributed by atoms with van der Waals surface area (Å²) in [4.78, 5) is 28.8. The summed E-state index contributed by atoms with van der Waals surface area (Å²) in [6.07, 6.45) is -0.360. The van der Waals surface area contributed by atoms with Crippen LogP contribution in [-0.4, -0.2) is 55.2 Å². The summed E-state index contributed by atoms with van der Waals surface area (Å²) in [5.41, 5.74) is 2.38. The average molecular weight is 510 g/mol. The molecule has 188 valence electrons. The molecule has 6 rings (SSSR count). The van der Waals surface area contributed by atoms with Gasteiger partial charge in [0.05, 0.1) is 22.4 Å². The molecule has 10 heteroatoms. The van der Waals surface area contributed by atoms with E-state index in [0.717, 1.165) is 30.0 Å². The summed E-state index contributed by atoms with van der Waals surface area (Å²) in [6.45, 7) is 3.34. The van der Waals surface area contributed by atoms with E-state index in [0.29, 0.717) is 22.9 Å². The van der Waals surface area contributed by atoms with E-state index in [4.69, 9.17) is 4.74 Å². The highest BCUT2D eigenvalue weighted by Crippen LogP contribution is 2.48. The molecular weight excluding hydrogens is 481 g/mol. The third-order valence-corrected chi connectivity index (χ3v) is 8.57. The Hall–Kier alpha value is -3.08. The zero-order valence-corrected chi connectivity index (χ0v) is 20.6. The summed E-state index contributed by atoms with van der Waals surface area (Å²) >= 11 is 1.42. The van der Waals surface area contributed by atoms with Crippen molar-refractivity contribution in [2.24, 2.45) is 5.92 Å². The van der Waals surface area contributed by atoms with Gasteiger partial charge in [0.15, 0.2) is 0 Å². The molecule has 0 spiro atoms. The van der Waals surface area contributed by atoms with Crippen molar-refractivity contribution in [2.75, 3.05) is 24.5 Å². The number of hydrogen-bond acceptors (Lipinski definition) is 6. The predicted octanol–water partition coefficient (Wildman–Crippen LogP) is 3.01. The van der Waals surface area contributed by atoms with E-state index >= 15 is 0 Å². The lowest BCUT2D eigenvalue weighted by Crippen LogP contribution is -2.62. The minimum absolute atomic E-state index is 0.0357. The maximum Gasteiger partial charge on any atom is 0.326 e. The van der Waals surface area contributed by atoms with Crippen LogP contribution in [0.15, 0.2) is 59.1 Å². The van der Waals surface area contributed by atoms with Gasteiger partial charge in [-0.05, 0) is 55.8 Å². The molecule has 4 heterocycles. The number of amides is 3. The van der Waals surface area contributed by atoms with Crippen molar-refractivity contribution in [1.82, 2.24) is 21.3 Å². The number of para-hydroxylation sites is 1. The van der Waals surface area contributed by atoms with E-state index in [9.17, 15) is 14.0 Å². The monoisotopic (exact) mass is 509 g/mol. The largest absolute Gasteiger partial charge is 0.457 e. The summed E-state index contributed by atoms with van der Waals surface area (Å²) < 4.78 is 20.0. The SMILES string of the molecule is Cc1cc(Oc2ccccc2)ccc1N1C(=O)NC2=C(C(=O)N[C@H]3CNC[C@@H]3F)SC3NCCC1C23. The molecule has 2 aromatic carbocycles. The van der Waals surface area contributed by atoms with Gasteiger partial charge in [0.25, 0.3) is 5.91 Å². The van der Waals surface area contributed by atoms with E-state index in [1.54, 1.807) is 0 Å². The minimum Gasteiger partial charge on any atom is -0.457 e. The number of nitrogens with zero attached hydrogens (tertiary/aromatic N) is 1. The normalized spacial score (nSPS) is 29.1. The Balaban J connectivity index is 1.26. The fourth-order valence-corrected chi connectivity index (χ4v) is 6.91. The van der Waals surface area contributed by atoms with Crippen LogP contribution in [0.25, 0.3) is 0 Å². The number of carbonyl (C=O) groups excluding carboxylic acids is 2. The average Bonchev–Trinajstić information content (AvgIpc) is 3.45. The van der Waals surface area contributed by atoms with Gasteiger partial charge in [-0.15, -0.1) is 0 Å². The molecule has 4 aliphatic rings. The van der Waals surface area contributed by atoms with Gasteiger partial charge in [-0.3, -0.25) is 9.69 Å². The highest BCUT2D eigenvalue weighted by molar-refractivity contribution is 8.04. The summed E-state index contributed by atoms with van der Waals surface area (Å²) in [7, 11) is 0. The Morgan fingerprint density at radius 2 is 2.00 bits per heavy atom. The van der Waals surface area contributed by atoms with Crippen molar-refractivity contribution in [3.63, 3.8) is 0 Å². The quantitative estimate of drug-likeness (QED) is 0.495. The first-order valence-corrected chi connectivity index (χ1v) is 13.1. The van der Waals surface area contributed by atoms with Gasteiger partial charge in [-0.2, -0.15) is 0 Å². The number of benzene rings is 2. The van der Waals surface area contributed by atoms with Crippen molar-refractivity contribution in [3.05, 3.63) is 64.7 Å². The molecular formula is C26H28FN5O3S. The number of nitrogens with one attached hydrogen (secondary N) is 4. The van der Waals surface area contributed by atoms with Crippen molar-refractivity contribution in [3.8, 4) is 11.5 Å². The van der Waals surface area contributed by atoms with Gasteiger partial charge in [0.2, 0.25) is 0 Å². The number of halogens is 1. The second kappa shape index (κ2) is 9.42. The van der Waals surface area contributed by atoms with Crippen LogP contribution in [0.1, 0.15) is 12.0 Å². The highest BCUT2D eigenvalue weighted by Gasteiger charge is 2.52. The Labute approximate surface area is 213 Å². The lowest BCUT2D eigenvalue weighted by molar-refractivity contribution is -0.117. The standard InChI is InChI=1S/C26H28FN5O3S/c1-14-11-16(35-15-5-3-2-4-6-15)7-8-19(14)32-20-9-10-29-25-21(20)22(31-26(32)34)23(36-25)24(33)30-18-13-28-12-17(18)27/h2-8,11,17-18,20-21,25,28-29H,9-10,12-13H2,1H3,(H,30,33)(H,31,34)/t17-,18-,20?,21?,25?/m0/s1. The number of thioether (sulfide) groups is 1. The molecule has 8 nitrogen and oxygen atoms in total. The minimum atomic E-state index is -1.12. The molecule has 0 radical (unpaired) electrons. The number of hydrogen-bond donors (Lipinski definition) is 4. The summed E-state index contributed by atoms with van der Waals surface area (Å²) in [5, 5.41) is 12.2. The number of carbonyl (C=O) groups is 2. The second-order valence-electron chi connectivity index (χ2n) is 9.53. The van der Waals surface area contributed by atoms with Crippen LogP contribution in [0.5, 0.6) is 11.5 Å². The first kappa shape index (κ1) is 23.3. The Morgan fingerprint density at radius 1 is 1.17 bits per heavy atom. The fourth-order valence-electron chi connectivity index (χ4n) is 5.51. The molecule has 4 aliphatic heterocycles. The van der Waals surface area contributed by atoms with Gasteiger partial charge in [-0.1, -0.05) is 30.0 Å². The number of aryl methyl sites for hydroxylation is 1. The summed E-state index contributed by atoms with van der Waals surface area (Å²) in [6, 6.07) is 14.4. The molecule has 0 aromatic heterocycles. The molecule has 0 saturated carbocycles. The first-order chi connectivity index (χ1) is 17.5. The molecule has 0 aliphatic carbocycles. The lowest BCUT2D eigenvalue weighted by atomic mass is 9.86. The molecule has 2 aromatic rings. The van der Waals surface area contributed by atoms with Crippen LogP contribution in [-0.2, 0) is 4.79 Å². The molecule has 36 heavy (non-hydrogen) atoms. The third-order valence-electron chi connectivity index (χ3n) is 7.21. The van der Waals surface area contributed by atoms with Crippen molar-refractivity contribution in [2.45, 2.75) is 37.0 Å². The van der Waals surface area contributed by atoms with Gasteiger partial charge in [0, 0.05) is 30.4 Å². The van der Waals surface area contributed by atoms with Crippen LogP contribution in [0.4, 0.5) is 14.9 Å². The second-order valence-corrected chi connectivity index (χ2v) is 10.7. The Kier molecular flexibility index (Phi) is 6.10. The Bertz CT molecular complexity index is 1230. The fraction of sp³-hybridized carbons (Fsp3) is 0.385. The predicted molar refractivity (Wildman–Crippen MR) is 137 cm³/mol. The van der Waals surface area contributed by atoms with Crippen molar-refractivity contribution < 1.29 is 18.7 Å². The molecule has 5 atom stereocenters. The van der Waals surface area contributed by atoms with Gasteiger partial charge < -0.3 is 26.0 Å². The molecule has 3 unspecified atom stereocenters. The van der Waals surface area contributed by atoms with Crippen molar-refractivity contribution in [1.29, 1.82) is 0 Å². The topological polar surface area (TPSA) is 94.7 Å². The zero-order chi connectivity index (χ0) is 24.8. The van der Waals surface area contributed by atoms with Crippen molar-refractivity contribution >= 4 is 29.4 Å². The highest BCUT2D eigenvalue weighted by atomic mass is 32.2. The zero-order valence-electron chi connectivity index (χ0n) is 19.8. The Morgan fingerprint density at radius 3 is 2.75 bits per heavy atom. The molecule has 4 N–H and O–H groups in total. The van der Waals surface area contributed by atoms with Crippen LogP contribution >= 0.6 is 11.8 Å². The molecule has 0 bridgehead atoms. The lowest BCUT2D eigenvalue weighted by Gasteiger charge is -2.46. The summed E-state index contributed by atoms with van der Waals surface area (Å²) in [5.74, 6) is 1.06. The number of urea groups is 1. The van der Waals surface area contributed by atoms with Crippen LogP contribution < -0.4 is 30.9 Å². The van der Waals surface area contributed by atoms with E-state index < -0.39 is 12.2 Å². The number of ether oxygens (including phenoxy) is 1. The van der Waals surface area contributed by atoms with Crippen LogP contribution in [0, 0.1) is 12.8 Å². The van der Waals surface area contributed by atoms with E-state index in [2.05, 4.69) is 21.3 Å². The number of anilines is 1. The van der Waals surface area contributed by atoms with Crippen LogP contribution in [0.2, 0.25) is 0 Å². The maximum absolute atomic E-state index is 14.1. The first-order valence-electron chi connectivity index (χ1n) is 12.2. The maximum atomic E-state index is 14.1. The van der Waals surface area contributed by atoms with E-state index in [-0.39, 0.29) is 35.8 Å². The number of alkyl halides is 1. The number of piperidine rings is 1. The van der Waals surface area contributed by atoms with Gasteiger partial charge in [-0.25, -0.2) is 9.18 Å². The smallest absolute Gasteiger partial charge is 0.326 e. The van der Waals surface area contributed by atoms with Gasteiger partial charge in [0.1, 0.15) is 17.7 Å². The molecule has 3 amide bonds. The third kappa shape index (κ3) is 4.12. The number of rotatable bonds is 5.